The molecule has 0 heterocycles. The monoisotopic (exact) mass is 261 g/mol. The zero-order valence-corrected chi connectivity index (χ0v) is 10.5. The van der Waals surface area contributed by atoms with Crippen molar-refractivity contribution in [3.8, 4) is 11.5 Å². The van der Waals surface area contributed by atoms with Crippen molar-refractivity contribution in [2.24, 2.45) is 5.73 Å². The molecule has 0 spiro atoms. The summed E-state index contributed by atoms with van der Waals surface area (Å²) in [5, 5.41) is 9.79. The summed E-state index contributed by atoms with van der Waals surface area (Å²) in [6, 6.07) is 1.92. The van der Waals surface area contributed by atoms with E-state index in [4.69, 9.17) is 10.5 Å². The molecule has 0 aliphatic rings. The van der Waals surface area contributed by atoms with Crippen LogP contribution in [0.1, 0.15) is 24.4 Å². The SMILES string of the molecule is C=CCC[C@H](N)c1cc(F)cc(OC)c1O.Cl. The molecule has 1 aromatic rings. The average molecular weight is 262 g/mol. The van der Waals surface area contributed by atoms with E-state index in [1.807, 2.05) is 0 Å². The highest BCUT2D eigenvalue weighted by atomic mass is 35.5. The third kappa shape index (κ3) is 3.91. The molecule has 0 aliphatic heterocycles. The van der Waals surface area contributed by atoms with Gasteiger partial charge in [0, 0.05) is 17.7 Å². The third-order valence-corrected chi connectivity index (χ3v) is 2.37. The first-order chi connectivity index (χ1) is 7.60. The van der Waals surface area contributed by atoms with E-state index in [0.717, 1.165) is 6.07 Å². The number of phenols is 1. The molecule has 0 radical (unpaired) electrons. The van der Waals surface area contributed by atoms with Crippen molar-refractivity contribution in [3.05, 3.63) is 36.2 Å². The molecule has 1 rings (SSSR count). The molecule has 3 nitrogen and oxygen atoms in total. The Hall–Kier alpha value is -1.26. The largest absolute Gasteiger partial charge is 0.504 e. The predicted molar refractivity (Wildman–Crippen MR) is 68.2 cm³/mol. The highest BCUT2D eigenvalue weighted by molar-refractivity contribution is 5.85. The number of benzene rings is 1. The maximum atomic E-state index is 13.2. The first-order valence-corrected chi connectivity index (χ1v) is 5.03. The van der Waals surface area contributed by atoms with Crippen molar-refractivity contribution in [1.29, 1.82) is 0 Å². The van der Waals surface area contributed by atoms with Gasteiger partial charge in [-0.2, -0.15) is 0 Å². The Balaban J connectivity index is 0.00000256. The summed E-state index contributed by atoms with van der Waals surface area (Å²) in [5.74, 6) is -0.469. The molecule has 0 fully saturated rings. The molecule has 1 aromatic carbocycles. The molecule has 0 aromatic heterocycles. The lowest BCUT2D eigenvalue weighted by Gasteiger charge is -2.15. The Morgan fingerprint density at radius 2 is 2.24 bits per heavy atom. The van der Waals surface area contributed by atoms with Gasteiger partial charge in [0.1, 0.15) is 5.82 Å². The Kier molecular flexibility index (Phi) is 6.61. The maximum Gasteiger partial charge on any atom is 0.163 e. The van der Waals surface area contributed by atoms with Gasteiger partial charge in [-0.15, -0.1) is 19.0 Å². The van der Waals surface area contributed by atoms with Gasteiger partial charge in [-0.1, -0.05) is 6.08 Å². The van der Waals surface area contributed by atoms with Gasteiger partial charge >= 0.3 is 0 Å². The Bertz CT molecular complexity index is 385. The van der Waals surface area contributed by atoms with Crippen molar-refractivity contribution in [1.82, 2.24) is 0 Å². The maximum absolute atomic E-state index is 13.2. The average Bonchev–Trinajstić information content (AvgIpc) is 2.28. The molecule has 0 saturated carbocycles. The quantitative estimate of drug-likeness (QED) is 0.802. The number of rotatable bonds is 5. The second kappa shape index (κ2) is 7.14. The van der Waals surface area contributed by atoms with Crippen LogP contribution in [0.2, 0.25) is 0 Å². The smallest absolute Gasteiger partial charge is 0.163 e. The van der Waals surface area contributed by atoms with Crippen LogP contribution in [0.15, 0.2) is 24.8 Å². The molecule has 96 valence electrons. The predicted octanol–water partition coefficient (Wildman–Crippen LogP) is 2.93. The molecule has 5 heteroatoms. The van der Waals surface area contributed by atoms with Gasteiger partial charge in [-0.3, -0.25) is 0 Å². The zero-order valence-electron chi connectivity index (χ0n) is 9.65. The van der Waals surface area contributed by atoms with Crippen molar-refractivity contribution in [2.75, 3.05) is 7.11 Å². The summed E-state index contributed by atoms with van der Waals surface area (Å²) in [6.45, 7) is 3.58. The Morgan fingerprint density at radius 3 is 2.76 bits per heavy atom. The minimum Gasteiger partial charge on any atom is -0.504 e. The molecule has 3 N–H and O–H groups in total. The summed E-state index contributed by atoms with van der Waals surface area (Å²) >= 11 is 0. The lowest BCUT2D eigenvalue weighted by atomic mass is 10.0. The molecule has 0 aliphatic carbocycles. The second-order valence-electron chi connectivity index (χ2n) is 3.52. The minimum absolute atomic E-state index is 0. The van der Waals surface area contributed by atoms with Gasteiger partial charge < -0.3 is 15.6 Å². The first-order valence-electron chi connectivity index (χ1n) is 5.03. The van der Waals surface area contributed by atoms with Crippen molar-refractivity contribution >= 4 is 12.4 Å². The van der Waals surface area contributed by atoms with Crippen LogP contribution < -0.4 is 10.5 Å². The lowest BCUT2D eigenvalue weighted by Crippen LogP contribution is -2.10. The van der Waals surface area contributed by atoms with E-state index in [1.54, 1.807) is 6.08 Å². The molecular weight excluding hydrogens is 245 g/mol. The van der Waals surface area contributed by atoms with E-state index >= 15 is 0 Å². The van der Waals surface area contributed by atoms with E-state index in [1.165, 1.54) is 13.2 Å². The van der Waals surface area contributed by atoms with Crippen LogP contribution >= 0.6 is 12.4 Å². The summed E-state index contributed by atoms with van der Waals surface area (Å²) in [7, 11) is 1.37. The summed E-state index contributed by atoms with van der Waals surface area (Å²) in [4.78, 5) is 0. The highest BCUT2D eigenvalue weighted by Crippen LogP contribution is 2.35. The summed E-state index contributed by atoms with van der Waals surface area (Å²) < 4.78 is 18.1. The van der Waals surface area contributed by atoms with E-state index in [2.05, 4.69) is 6.58 Å². The van der Waals surface area contributed by atoms with Gasteiger partial charge in [-0.25, -0.2) is 4.39 Å². The Morgan fingerprint density at radius 1 is 1.59 bits per heavy atom. The molecular formula is C12H17ClFNO2. The molecule has 1 atom stereocenters. The fourth-order valence-corrected chi connectivity index (χ4v) is 1.49. The highest BCUT2D eigenvalue weighted by Gasteiger charge is 2.16. The number of aromatic hydroxyl groups is 1. The second-order valence-corrected chi connectivity index (χ2v) is 3.52. The molecule has 0 bridgehead atoms. The number of phenolic OH excluding ortho intramolecular Hbond substituents is 1. The standard InChI is InChI=1S/C12H16FNO2.ClH/c1-3-4-5-10(14)9-6-8(13)7-11(16-2)12(9)15;/h3,6-7,10,15H,1,4-5,14H2,2H3;1H/t10-;/m0./s1. The van der Waals surface area contributed by atoms with Crippen LogP contribution in [0.3, 0.4) is 0 Å². The number of methoxy groups -OCH3 is 1. The molecule has 0 saturated heterocycles. The number of halogens is 2. The summed E-state index contributed by atoms with van der Waals surface area (Å²) in [5.41, 5.74) is 6.20. The Labute approximate surface area is 106 Å². The normalized spacial score (nSPS) is 11.5. The number of hydrogen-bond donors (Lipinski definition) is 2. The third-order valence-electron chi connectivity index (χ3n) is 2.37. The zero-order chi connectivity index (χ0) is 12.1. The number of allylic oxidation sites excluding steroid dienone is 1. The van der Waals surface area contributed by atoms with E-state index < -0.39 is 11.9 Å². The minimum atomic E-state index is -0.473. The molecule has 0 unspecified atom stereocenters. The van der Waals surface area contributed by atoms with E-state index in [9.17, 15) is 9.50 Å². The van der Waals surface area contributed by atoms with Gasteiger partial charge in [-0.05, 0) is 18.9 Å². The van der Waals surface area contributed by atoms with Crippen LogP contribution in [0, 0.1) is 5.82 Å². The first kappa shape index (κ1) is 15.7. The summed E-state index contributed by atoms with van der Waals surface area (Å²) in [6.07, 6.45) is 3.04. The number of ether oxygens (including phenoxy) is 1. The van der Waals surface area contributed by atoms with Gasteiger partial charge in [0.05, 0.1) is 7.11 Å². The van der Waals surface area contributed by atoms with Gasteiger partial charge in [0.25, 0.3) is 0 Å². The van der Waals surface area contributed by atoms with Crippen LogP contribution in [0.5, 0.6) is 11.5 Å². The fourth-order valence-electron chi connectivity index (χ4n) is 1.49. The number of hydrogen-bond acceptors (Lipinski definition) is 3. The van der Waals surface area contributed by atoms with Crippen LogP contribution in [-0.2, 0) is 0 Å². The topological polar surface area (TPSA) is 55.5 Å². The van der Waals surface area contributed by atoms with E-state index in [0.29, 0.717) is 18.4 Å². The van der Waals surface area contributed by atoms with Crippen molar-refractivity contribution in [2.45, 2.75) is 18.9 Å². The van der Waals surface area contributed by atoms with Crippen molar-refractivity contribution < 1.29 is 14.2 Å². The fraction of sp³-hybridized carbons (Fsp3) is 0.333. The van der Waals surface area contributed by atoms with Crippen LogP contribution in [0.4, 0.5) is 4.39 Å². The lowest BCUT2D eigenvalue weighted by molar-refractivity contribution is 0.364. The van der Waals surface area contributed by atoms with Crippen molar-refractivity contribution in [3.63, 3.8) is 0 Å². The van der Waals surface area contributed by atoms with E-state index in [-0.39, 0.29) is 23.9 Å². The molecule has 0 amide bonds. The van der Waals surface area contributed by atoms with Crippen LogP contribution in [0.25, 0.3) is 0 Å². The molecule has 17 heavy (non-hydrogen) atoms. The van der Waals surface area contributed by atoms with Gasteiger partial charge in [0.2, 0.25) is 0 Å². The van der Waals surface area contributed by atoms with Crippen LogP contribution in [-0.4, -0.2) is 12.2 Å². The number of nitrogens with two attached hydrogens (primary N) is 1. The van der Waals surface area contributed by atoms with Gasteiger partial charge in [0.15, 0.2) is 11.5 Å².